The Hall–Kier alpha value is -2.61. The number of aryl methyl sites for hydroxylation is 1. The monoisotopic (exact) mass is 290 g/mol. The van der Waals surface area contributed by atoms with E-state index in [0.29, 0.717) is 17.9 Å². The molecule has 0 saturated heterocycles. The van der Waals surface area contributed by atoms with Crippen LogP contribution in [0, 0.1) is 0 Å². The second-order valence-electron chi connectivity index (χ2n) is 5.28. The summed E-state index contributed by atoms with van der Waals surface area (Å²) in [6.07, 6.45) is 1.88. The van der Waals surface area contributed by atoms with Crippen molar-refractivity contribution in [2.24, 2.45) is 0 Å². The molecule has 3 aromatic carbocycles. The minimum absolute atomic E-state index is 0.465. The summed E-state index contributed by atoms with van der Waals surface area (Å²) in [5.74, 6) is 0.635. The maximum atomic E-state index is 11.5. The average Bonchev–Trinajstić information content (AvgIpc) is 2.59. The van der Waals surface area contributed by atoms with Crippen molar-refractivity contribution in [3.05, 3.63) is 77.4 Å². The molecule has 0 heterocycles. The molecule has 0 aliphatic heterocycles. The van der Waals surface area contributed by atoms with Crippen LogP contribution >= 0.6 is 0 Å². The molecule has 0 atom stereocenters. The van der Waals surface area contributed by atoms with Gasteiger partial charge in [0.1, 0.15) is 12.4 Å². The summed E-state index contributed by atoms with van der Waals surface area (Å²) in [4.78, 5) is 11.5. The highest BCUT2D eigenvalue weighted by atomic mass is 16.5. The van der Waals surface area contributed by atoms with Crippen LogP contribution in [0.25, 0.3) is 10.8 Å². The third kappa shape index (κ3) is 2.86. The summed E-state index contributed by atoms with van der Waals surface area (Å²) in [6.45, 7) is 2.60. The third-order valence-electron chi connectivity index (χ3n) is 3.84. The van der Waals surface area contributed by atoms with E-state index in [9.17, 15) is 4.79 Å². The quantitative estimate of drug-likeness (QED) is 0.631. The summed E-state index contributed by atoms with van der Waals surface area (Å²) in [5.41, 5.74) is 3.02. The number of benzene rings is 3. The first-order chi connectivity index (χ1) is 10.8. The van der Waals surface area contributed by atoms with E-state index >= 15 is 0 Å². The molecule has 110 valence electrons. The normalized spacial score (nSPS) is 10.6. The van der Waals surface area contributed by atoms with Crippen molar-refractivity contribution in [1.29, 1.82) is 0 Å². The molecule has 0 radical (unpaired) electrons. The van der Waals surface area contributed by atoms with Gasteiger partial charge in [-0.25, -0.2) is 0 Å². The fourth-order valence-electron chi connectivity index (χ4n) is 2.62. The van der Waals surface area contributed by atoms with Crippen molar-refractivity contribution < 1.29 is 9.53 Å². The Morgan fingerprint density at radius 1 is 0.955 bits per heavy atom. The standard InChI is InChI=1S/C20H18O2/c1-2-15-6-5-7-16(12-15)14-22-20-11-10-17-8-3-4-9-18(17)19(20)13-21/h3-13H,2,14H2,1H3. The number of hydrogen-bond acceptors (Lipinski definition) is 2. The molecule has 0 N–H and O–H groups in total. The molecule has 0 aliphatic rings. The fourth-order valence-corrected chi connectivity index (χ4v) is 2.62. The SMILES string of the molecule is CCc1cccc(COc2ccc3ccccc3c2C=O)c1. The zero-order valence-corrected chi connectivity index (χ0v) is 12.6. The highest BCUT2D eigenvalue weighted by Crippen LogP contribution is 2.27. The summed E-state index contributed by atoms with van der Waals surface area (Å²) in [7, 11) is 0. The minimum Gasteiger partial charge on any atom is -0.488 e. The molecule has 2 heteroatoms. The molecular formula is C20H18O2. The first-order valence-corrected chi connectivity index (χ1v) is 7.49. The largest absolute Gasteiger partial charge is 0.488 e. The lowest BCUT2D eigenvalue weighted by molar-refractivity contribution is 0.112. The van der Waals surface area contributed by atoms with Crippen LogP contribution in [0.5, 0.6) is 5.75 Å². The van der Waals surface area contributed by atoms with E-state index in [2.05, 4.69) is 19.1 Å². The van der Waals surface area contributed by atoms with Crippen LogP contribution in [-0.2, 0) is 13.0 Å². The van der Waals surface area contributed by atoms with Crippen LogP contribution in [0.1, 0.15) is 28.4 Å². The van der Waals surface area contributed by atoms with E-state index in [1.54, 1.807) is 0 Å². The lowest BCUT2D eigenvalue weighted by atomic mass is 10.0. The van der Waals surface area contributed by atoms with Gasteiger partial charge in [-0.1, -0.05) is 61.5 Å². The zero-order valence-electron chi connectivity index (χ0n) is 12.6. The van der Waals surface area contributed by atoms with E-state index in [-0.39, 0.29) is 0 Å². The zero-order chi connectivity index (χ0) is 15.4. The Bertz CT molecular complexity index is 806. The Morgan fingerprint density at radius 3 is 2.59 bits per heavy atom. The number of hydrogen-bond donors (Lipinski definition) is 0. The van der Waals surface area contributed by atoms with Crippen molar-refractivity contribution in [3.8, 4) is 5.75 Å². The molecular weight excluding hydrogens is 272 g/mol. The number of aldehydes is 1. The van der Waals surface area contributed by atoms with E-state index in [1.165, 1.54) is 5.56 Å². The lowest BCUT2D eigenvalue weighted by Crippen LogP contribution is -1.99. The molecule has 3 rings (SSSR count). The van der Waals surface area contributed by atoms with Crippen LogP contribution in [0.3, 0.4) is 0 Å². The van der Waals surface area contributed by atoms with Crippen LogP contribution < -0.4 is 4.74 Å². The van der Waals surface area contributed by atoms with E-state index < -0.39 is 0 Å². The number of carbonyl (C=O) groups is 1. The van der Waals surface area contributed by atoms with Gasteiger partial charge >= 0.3 is 0 Å². The molecule has 0 amide bonds. The molecule has 0 aliphatic carbocycles. The van der Waals surface area contributed by atoms with Gasteiger partial charge in [0.15, 0.2) is 6.29 Å². The fraction of sp³-hybridized carbons (Fsp3) is 0.150. The van der Waals surface area contributed by atoms with Crippen molar-refractivity contribution in [3.63, 3.8) is 0 Å². The maximum Gasteiger partial charge on any atom is 0.154 e. The van der Waals surface area contributed by atoms with Gasteiger partial charge in [0.2, 0.25) is 0 Å². The van der Waals surface area contributed by atoms with Gasteiger partial charge in [-0.3, -0.25) is 4.79 Å². The van der Waals surface area contributed by atoms with Gasteiger partial charge in [0, 0.05) is 0 Å². The summed E-state index contributed by atoms with van der Waals surface area (Å²) in [5, 5.41) is 1.97. The number of rotatable bonds is 5. The Morgan fingerprint density at radius 2 is 1.77 bits per heavy atom. The molecule has 0 bridgehead atoms. The van der Waals surface area contributed by atoms with E-state index in [4.69, 9.17) is 4.74 Å². The Balaban J connectivity index is 1.88. The van der Waals surface area contributed by atoms with Gasteiger partial charge < -0.3 is 4.74 Å². The van der Waals surface area contributed by atoms with Crippen LogP contribution in [-0.4, -0.2) is 6.29 Å². The second-order valence-corrected chi connectivity index (χ2v) is 5.28. The van der Waals surface area contributed by atoms with Crippen molar-refractivity contribution in [2.75, 3.05) is 0 Å². The van der Waals surface area contributed by atoms with E-state index in [1.807, 2.05) is 48.5 Å². The van der Waals surface area contributed by atoms with Crippen LogP contribution in [0.4, 0.5) is 0 Å². The molecule has 3 aromatic rings. The summed E-state index contributed by atoms with van der Waals surface area (Å²) < 4.78 is 5.89. The molecule has 2 nitrogen and oxygen atoms in total. The number of carbonyl (C=O) groups excluding carboxylic acids is 1. The van der Waals surface area contributed by atoms with Crippen LogP contribution in [0.2, 0.25) is 0 Å². The lowest BCUT2D eigenvalue weighted by Gasteiger charge is -2.11. The van der Waals surface area contributed by atoms with E-state index in [0.717, 1.165) is 29.0 Å². The Kier molecular flexibility index (Phi) is 4.19. The van der Waals surface area contributed by atoms with Crippen molar-refractivity contribution >= 4 is 17.1 Å². The van der Waals surface area contributed by atoms with Gasteiger partial charge in [0.05, 0.1) is 5.56 Å². The highest BCUT2D eigenvalue weighted by Gasteiger charge is 2.08. The molecule has 0 saturated carbocycles. The van der Waals surface area contributed by atoms with Gasteiger partial charge in [-0.05, 0) is 34.4 Å². The second kappa shape index (κ2) is 6.44. The Labute approximate surface area is 130 Å². The molecule has 0 fully saturated rings. The van der Waals surface area contributed by atoms with Gasteiger partial charge in [-0.2, -0.15) is 0 Å². The third-order valence-corrected chi connectivity index (χ3v) is 3.84. The molecule has 0 aromatic heterocycles. The maximum absolute atomic E-state index is 11.5. The van der Waals surface area contributed by atoms with Crippen molar-refractivity contribution in [2.45, 2.75) is 20.0 Å². The minimum atomic E-state index is 0.465. The number of fused-ring (bicyclic) bond motifs is 1. The molecule has 0 spiro atoms. The topological polar surface area (TPSA) is 26.3 Å². The smallest absolute Gasteiger partial charge is 0.154 e. The number of ether oxygens (including phenoxy) is 1. The first kappa shape index (κ1) is 14.3. The predicted octanol–water partition coefficient (Wildman–Crippen LogP) is 4.79. The predicted molar refractivity (Wildman–Crippen MR) is 89.5 cm³/mol. The van der Waals surface area contributed by atoms with Gasteiger partial charge in [-0.15, -0.1) is 0 Å². The van der Waals surface area contributed by atoms with Crippen molar-refractivity contribution in [1.82, 2.24) is 0 Å². The summed E-state index contributed by atoms with van der Waals surface area (Å²) in [6, 6.07) is 20.0. The van der Waals surface area contributed by atoms with Gasteiger partial charge in [0.25, 0.3) is 0 Å². The first-order valence-electron chi connectivity index (χ1n) is 7.49. The molecule has 22 heavy (non-hydrogen) atoms. The summed E-state index contributed by atoms with van der Waals surface area (Å²) >= 11 is 0. The average molecular weight is 290 g/mol. The van der Waals surface area contributed by atoms with Crippen LogP contribution in [0.15, 0.2) is 60.7 Å². The molecule has 0 unspecified atom stereocenters. The highest BCUT2D eigenvalue weighted by molar-refractivity contribution is 6.00.